The Morgan fingerprint density at radius 1 is 1.23 bits per heavy atom. The molecule has 4 rings (SSSR count). The number of benzene rings is 2. The van der Waals surface area contributed by atoms with Gasteiger partial charge in [0.25, 0.3) is 0 Å². The fourth-order valence-electron chi connectivity index (χ4n) is 3.82. The zero-order chi connectivity index (χ0) is 21.3. The van der Waals surface area contributed by atoms with Crippen LogP contribution in [0.3, 0.4) is 0 Å². The number of anilines is 1. The van der Waals surface area contributed by atoms with Gasteiger partial charge >= 0.3 is 6.03 Å². The Hall–Kier alpha value is -3.35. The van der Waals surface area contributed by atoms with Crippen LogP contribution in [0.25, 0.3) is 0 Å². The number of amides is 2. The predicted molar refractivity (Wildman–Crippen MR) is 113 cm³/mol. The number of urea groups is 1. The Balaban J connectivity index is 1.47. The highest BCUT2D eigenvalue weighted by atomic mass is 19.1. The first-order chi connectivity index (χ1) is 14.4. The lowest BCUT2D eigenvalue weighted by Gasteiger charge is -2.28. The Bertz CT molecular complexity index is 1090. The highest BCUT2D eigenvalue weighted by molar-refractivity contribution is 5.90. The van der Waals surface area contributed by atoms with Gasteiger partial charge in [-0.3, -0.25) is 4.68 Å². The number of hydrogen-bond donors (Lipinski definition) is 1. The second-order valence-electron chi connectivity index (χ2n) is 7.66. The monoisotopic (exact) mass is 408 g/mol. The maximum Gasteiger partial charge on any atom is 0.322 e. The number of aromatic nitrogens is 2. The summed E-state index contributed by atoms with van der Waals surface area (Å²) in [4.78, 5) is 14.7. The third-order valence-electron chi connectivity index (χ3n) is 5.41. The lowest BCUT2D eigenvalue weighted by molar-refractivity contribution is 0.205. The Labute approximate surface area is 175 Å². The SMILES string of the molecule is Cc1ccc(NC(=O)N2CCc3c(c(COc4cccc(F)c4)nn3C)C2)c(C)c1. The van der Waals surface area contributed by atoms with Crippen molar-refractivity contribution in [1.29, 1.82) is 0 Å². The van der Waals surface area contributed by atoms with E-state index in [4.69, 9.17) is 4.74 Å². The number of nitrogens with one attached hydrogen (secondary N) is 1. The van der Waals surface area contributed by atoms with E-state index in [9.17, 15) is 9.18 Å². The fraction of sp³-hybridized carbons (Fsp3) is 0.304. The van der Waals surface area contributed by atoms with Crippen LogP contribution in [0.4, 0.5) is 14.9 Å². The molecule has 2 aromatic carbocycles. The van der Waals surface area contributed by atoms with E-state index in [1.807, 2.05) is 43.8 Å². The maximum absolute atomic E-state index is 13.4. The van der Waals surface area contributed by atoms with E-state index in [1.54, 1.807) is 17.0 Å². The first kappa shape index (κ1) is 19.9. The largest absolute Gasteiger partial charge is 0.487 e. The molecule has 0 spiro atoms. The molecule has 0 fully saturated rings. The van der Waals surface area contributed by atoms with Crippen LogP contribution in [-0.2, 0) is 26.6 Å². The summed E-state index contributed by atoms with van der Waals surface area (Å²) in [6.07, 6.45) is 0.721. The second-order valence-corrected chi connectivity index (χ2v) is 7.66. The lowest BCUT2D eigenvalue weighted by atomic mass is 10.1. The van der Waals surface area contributed by atoms with E-state index in [2.05, 4.69) is 10.4 Å². The number of rotatable bonds is 4. The van der Waals surface area contributed by atoms with Gasteiger partial charge in [0.15, 0.2) is 0 Å². The fourth-order valence-corrected chi connectivity index (χ4v) is 3.82. The second kappa shape index (κ2) is 8.18. The van der Waals surface area contributed by atoms with Gasteiger partial charge in [-0.05, 0) is 37.6 Å². The minimum Gasteiger partial charge on any atom is -0.487 e. The summed E-state index contributed by atoms with van der Waals surface area (Å²) in [6.45, 7) is 5.31. The number of hydrogen-bond acceptors (Lipinski definition) is 3. The Kier molecular flexibility index (Phi) is 5.44. The van der Waals surface area contributed by atoms with Crippen molar-refractivity contribution in [2.24, 2.45) is 7.05 Å². The van der Waals surface area contributed by atoms with Gasteiger partial charge in [0.05, 0.1) is 6.54 Å². The van der Waals surface area contributed by atoms with Gasteiger partial charge in [-0.1, -0.05) is 23.8 Å². The molecular formula is C23H25FN4O2. The molecule has 0 atom stereocenters. The van der Waals surface area contributed by atoms with Crippen molar-refractivity contribution in [3.8, 4) is 5.75 Å². The van der Waals surface area contributed by atoms with Gasteiger partial charge in [0.1, 0.15) is 23.9 Å². The number of nitrogens with zero attached hydrogens (tertiary/aromatic N) is 3. The minimum atomic E-state index is -0.343. The highest BCUT2D eigenvalue weighted by Gasteiger charge is 2.27. The number of carbonyl (C=O) groups excluding carboxylic acids is 1. The first-order valence-electron chi connectivity index (χ1n) is 9.96. The van der Waals surface area contributed by atoms with Crippen molar-refractivity contribution >= 4 is 11.7 Å². The van der Waals surface area contributed by atoms with Gasteiger partial charge in [-0.25, -0.2) is 9.18 Å². The van der Waals surface area contributed by atoms with Crippen LogP contribution < -0.4 is 10.1 Å². The molecule has 0 unspecified atom stereocenters. The Morgan fingerprint density at radius 2 is 2.07 bits per heavy atom. The molecule has 1 aliphatic heterocycles. The van der Waals surface area contributed by atoms with Crippen LogP contribution in [0.2, 0.25) is 0 Å². The van der Waals surface area contributed by atoms with Crippen LogP contribution >= 0.6 is 0 Å². The average molecular weight is 408 g/mol. The van der Waals surface area contributed by atoms with Crippen molar-refractivity contribution in [1.82, 2.24) is 14.7 Å². The number of aryl methyl sites for hydroxylation is 3. The van der Waals surface area contributed by atoms with E-state index in [0.29, 0.717) is 18.8 Å². The number of fused-ring (bicyclic) bond motifs is 1. The molecule has 6 nitrogen and oxygen atoms in total. The van der Waals surface area contributed by atoms with Crippen LogP contribution in [0.15, 0.2) is 42.5 Å². The molecule has 0 saturated heterocycles. The standard InChI is InChI=1S/C23H25FN4O2/c1-15-7-8-20(16(2)11-15)25-23(29)28-10-9-22-19(13-28)21(26-27(22)3)14-30-18-6-4-5-17(24)12-18/h4-8,11-12H,9-10,13-14H2,1-3H3,(H,25,29). The van der Waals surface area contributed by atoms with Crippen LogP contribution in [0.1, 0.15) is 28.1 Å². The molecule has 7 heteroatoms. The van der Waals surface area contributed by atoms with Crippen molar-refractivity contribution in [3.63, 3.8) is 0 Å². The molecule has 2 heterocycles. The van der Waals surface area contributed by atoms with E-state index in [0.717, 1.165) is 40.2 Å². The molecule has 1 aromatic heterocycles. The summed E-state index contributed by atoms with van der Waals surface area (Å²) in [5.41, 5.74) is 5.87. The maximum atomic E-state index is 13.4. The molecule has 1 aliphatic rings. The quantitative estimate of drug-likeness (QED) is 0.698. The molecule has 3 aromatic rings. The molecule has 0 bridgehead atoms. The predicted octanol–water partition coefficient (Wildman–Crippen LogP) is 4.35. The van der Waals surface area contributed by atoms with Gasteiger partial charge in [-0.2, -0.15) is 5.10 Å². The van der Waals surface area contributed by atoms with E-state index < -0.39 is 0 Å². The van der Waals surface area contributed by atoms with Crippen molar-refractivity contribution < 1.29 is 13.9 Å². The summed E-state index contributed by atoms with van der Waals surface area (Å²) < 4.78 is 21.0. The van der Waals surface area contributed by atoms with Crippen molar-refractivity contribution in [2.45, 2.75) is 33.4 Å². The third-order valence-corrected chi connectivity index (χ3v) is 5.41. The summed E-state index contributed by atoms with van der Waals surface area (Å²) in [6, 6.07) is 11.9. The molecule has 0 saturated carbocycles. The first-order valence-corrected chi connectivity index (χ1v) is 9.96. The summed E-state index contributed by atoms with van der Waals surface area (Å²) in [5.74, 6) is 0.111. The van der Waals surface area contributed by atoms with Crippen LogP contribution in [0.5, 0.6) is 5.75 Å². The number of halogens is 1. The Morgan fingerprint density at radius 3 is 2.83 bits per heavy atom. The molecular weight excluding hydrogens is 383 g/mol. The molecule has 2 amide bonds. The highest BCUT2D eigenvalue weighted by Crippen LogP contribution is 2.25. The smallest absolute Gasteiger partial charge is 0.322 e. The minimum absolute atomic E-state index is 0.131. The topological polar surface area (TPSA) is 59.4 Å². The van der Waals surface area contributed by atoms with Crippen molar-refractivity contribution in [2.75, 3.05) is 11.9 Å². The third kappa shape index (κ3) is 4.15. The van der Waals surface area contributed by atoms with Gasteiger partial charge < -0.3 is 15.0 Å². The van der Waals surface area contributed by atoms with E-state index >= 15 is 0 Å². The molecule has 156 valence electrons. The summed E-state index contributed by atoms with van der Waals surface area (Å²) in [7, 11) is 1.90. The van der Waals surface area contributed by atoms with Crippen LogP contribution in [0, 0.1) is 19.7 Å². The average Bonchev–Trinajstić information content (AvgIpc) is 3.03. The number of carbonyl (C=O) groups is 1. The van der Waals surface area contributed by atoms with Gasteiger partial charge in [0.2, 0.25) is 0 Å². The van der Waals surface area contributed by atoms with Gasteiger partial charge in [-0.15, -0.1) is 0 Å². The molecule has 0 radical (unpaired) electrons. The van der Waals surface area contributed by atoms with E-state index in [-0.39, 0.29) is 18.5 Å². The molecule has 0 aliphatic carbocycles. The summed E-state index contributed by atoms with van der Waals surface area (Å²) >= 11 is 0. The van der Waals surface area contributed by atoms with Gasteiger partial charge in [0, 0.05) is 43.0 Å². The molecule has 1 N–H and O–H groups in total. The lowest BCUT2D eigenvalue weighted by Crippen LogP contribution is -2.39. The summed E-state index contributed by atoms with van der Waals surface area (Å²) in [5, 5.41) is 7.59. The normalized spacial score (nSPS) is 13.1. The number of ether oxygens (including phenoxy) is 1. The zero-order valence-corrected chi connectivity index (χ0v) is 17.4. The zero-order valence-electron chi connectivity index (χ0n) is 17.4. The van der Waals surface area contributed by atoms with E-state index in [1.165, 1.54) is 12.1 Å². The van der Waals surface area contributed by atoms with Crippen LogP contribution in [-0.4, -0.2) is 27.3 Å². The van der Waals surface area contributed by atoms with Crippen molar-refractivity contribution in [3.05, 3.63) is 76.4 Å². The molecule has 30 heavy (non-hydrogen) atoms.